The molecule has 0 saturated carbocycles. The van der Waals surface area contributed by atoms with Gasteiger partial charge in [-0.15, -0.1) is 0 Å². The zero-order valence-electron chi connectivity index (χ0n) is 18.5. The molecule has 0 aliphatic carbocycles. The summed E-state index contributed by atoms with van der Waals surface area (Å²) in [5.41, 5.74) is 3.13. The molecule has 7 nitrogen and oxygen atoms in total. The molecule has 32 heavy (non-hydrogen) atoms. The second-order valence-electron chi connectivity index (χ2n) is 8.21. The molecule has 2 aromatic rings. The lowest BCUT2D eigenvalue weighted by Gasteiger charge is -2.34. The maximum Gasteiger partial charge on any atom is 0.243 e. The second kappa shape index (κ2) is 10.3. The first kappa shape index (κ1) is 21.9. The molecule has 2 aliphatic rings. The van der Waals surface area contributed by atoms with Gasteiger partial charge in [0.1, 0.15) is 5.75 Å². The summed E-state index contributed by atoms with van der Waals surface area (Å²) in [5.74, 6) is 0.689. The number of benzene rings is 2. The number of amides is 2. The summed E-state index contributed by atoms with van der Waals surface area (Å²) in [6.45, 7) is 2.36. The quantitative estimate of drug-likeness (QED) is 0.726. The molecule has 0 unspecified atom stereocenters. The number of carbonyl (C=O) groups is 2. The molecular weight excluding hydrogens is 404 g/mol. The summed E-state index contributed by atoms with van der Waals surface area (Å²) in [5, 5.41) is 9.06. The summed E-state index contributed by atoms with van der Waals surface area (Å²) < 4.78 is 5.21. The first-order valence-corrected chi connectivity index (χ1v) is 11.2. The molecule has 2 aliphatic heterocycles. The highest BCUT2D eigenvalue weighted by molar-refractivity contribution is 6.02. The number of nitrogens with one attached hydrogen (secondary N) is 1. The number of hydrogen-bond donors (Lipinski definition) is 1. The van der Waals surface area contributed by atoms with Crippen LogP contribution in [0.15, 0.2) is 59.7 Å². The Morgan fingerprint density at radius 3 is 2.41 bits per heavy atom. The number of hydrogen-bond acceptors (Lipinski definition) is 5. The minimum absolute atomic E-state index is 0.0623. The van der Waals surface area contributed by atoms with Crippen molar-refractivity contribution in [3.63, 3.8) is 0 Å². The number of piperidine rings is 1. The van der Waals surface area contributed by atoms with Gasteiger partial charge in [0.25, 0.3) is 0 Å². The van der Waals surface area contributed by atoms with Crippen molar-refractivity contribution >= 4 is 23.2 Å². The van der Waals surface area contributed by atoms with Gasteiger partial charge in [-0.3, -0.25) is 9.59 Å². The van der Waals surface area contributed by atoms with Crippen LogP contribution in [-0.4, -0.2) is 55.3 Å². The monoisotopic (exact) mass is 434 g/mol. The Kier molecular flexibility index (Phi) is 7.04. The molecule has 0 aromatic heterocycles. The molecular formula is C25H30N4O3. The molecule has 1 fully saturated rings. The van der Waals surface area contributed by atoms with Crippen LogP contribution in [0.2, 0.25) is 0 Å². The predicted molar refractivity (Wildman–Crippen MR) is 125 cm³/mol. The number of carbonyl (C=O) groups excluding carboxylic acids is 2. The number of anilines is 1. The molecule has 2 amide bonds. The molecule has 7 heteroatoms. The Morgan fingerprint density at radius 2 is 1.72 bits per heavy atom. The van der Waals surface area contributed by atoms with Crippen molar-refractivity contribution in [3.8, 4) is 5.75 Å². The van der Waals surface area contributed by atoms with Gasteiger partial charge >= 0.3 is 0 Å². The summed E-state index contributed by atoms with van der Waals surface area (Å²) in [4.78, 5) is 27.2. The van der Waals surface area contributed by atoms with E-state index in [-0.39, 0.29) is 30.7 Å². The molecule has 0 atom stereocenters. The number of methoxy groups -OCH3 is 1. The van der Waals surface area contributed by atoms with Gasteiger partial charge in [0.2, 0.25) is 11.8 Å². The van der Waals surface area contributed by atoms with Crippen LogP contribution in [0, 0.1) is 0 Å². The van der Waals surface area contributed by atoms with Crippen LogP contribution in [0.4, 0.5) is 5.69 Å². The van der Waals surface area contributed by atoms with Gasteiger partial charge in [0.15, 0.2) is 0 Å². The van der Waals surface area contributed by atoms with Crippen LogP contribution in [0.1, 0.15) is 37.7 Å². The Labute approximate surface area is 189 Å². The van der Waals surface area contributed by atoms with E-state index in [9.17, 15) is 9.59 Å². The number of ether oxygens (including phenoxy) is 1. The van der Waals surface area contributed by atoms with Crippen LogP contribution in [0.3, 0.4) is 0 Å². The average molecular weight is 435 g/mol. The van der Waals surface area contributed by atoms with Crippen LogP contribution in [0.5, 0.6) is 5.75 Å². The van der Waals surface area contributed by atoms with Crippen LogP contribution in [0.25, 0.3) is 0 Å². The van der Waals surface area contributed by atoms with Crippen LogP contribution < -0.4 is 15.0 Å². The third kappa shape index (κ3) is 5.46. The van der Waals surface area contributed by atoms with E-state index in [1.807, 2.05) is 42.5 Å². The molecule has 168 valence electrons. The molecule has 2 aromatic carbocycles. The van der Waals surface area contributed by atoms with Crippen molar-refractivity contribution in [2.75, 3.05) is 31.6 Å². The second-order valence-corrected chi connectivity index (χ2v) is 8.21. The lowest BCUT2D eigenvalue weighted by Crippen LogP contribution is -2.44. The van der Waals surface area contributed by atoms with Crippen molar-refractivity contribution in [3.05, 3.63) is 60.2 Å². The lowest BCUT2D eigenvalue weighted by molar-refractivity contribution is -0.133. The third-order valence-corrected chi connectivity index (χ3v) is 6.06. The standard InChI is InChI=1S/C25H30N4O3/c1-32-22-9-7-21(8-10-22)28-16-13-20(14-17-28)26-24(30)11-12-25(31)29-18-15-23(27-29)19-5-3-2-4-6-19/h2-10,20H,11-18H2,1H3,(H,26,30). The predicted octanol–water partition coefficient (Wildman–Crippen LogP) is 3.20. The van der Waals surface area contributed by atoms with Crippen LogP contribution in [-0.2, 0) is 9.59 Å². The highest BCUT2D eigenvalue weighted by atomic mass is 16.5. The topological polar surface area (TPSA) is 74.2 Å². The van der Waals surface area contributed by atoms with E-state index in [2.05, 4.69) is 27.5 Å². The van der Waals surface area contributed by atoms with E-state index in [1.165, 1.54) is 10.7 Å². The Hall–Kier alpha value is -3.35. The van der Waals surface area contributed by atoms with E-state index in [0.717, 1.165) is 49.4 Å². The molecule has 1 saturated heterocycles. The van der Waals surface area contributed by atoms with Gasteiger partial charge in [-0.2, -0.15) is 5.10 Å². The first-order chi connectivity index (χ1) is 15.6. The SMILES string of the molecule is COc1ccc(N2CCC(NC(=O)CCC(=O)N3CCC(c4ccccc4)=N3)CC2)cc1. The van der Waals surface area contributed by atoms with Crippen molar-refractivity contribution < 1.29 is 14.3 Å². The fourth-order valence-electron chi connectivity index (χ4n) is 4.20. The van der Waals surface area contributed by atoms with Gasteiger partial charge < -0.3 is 15.0 Å². The van der Waals surface area contributed by atoms with Crippen molar-refractivity contribution in [1.29, 1.82) is 0 Å². The minimum atomic E-state index is -0.0968. The summed E-state index contributed by atoms with van der Waals surface area (Å²) >= 11 is 0. The molecule has 0 spiro atoms. The third-order valence-electron chi connectivity index (χ3n) is 6.06. The first-order valence-electron chi connectivity index (χ1n) is 11.2. The average Bonchev–Trinajstić information content (AvgIpc) is 3.34. The van der Waals surface area contributed by atoms with Gasteiger partial charge in [-0.1, -0.05) is 30.3 Å². The van der Waals surface area contributed by atoms with Gasteiger partial charge in [0.05, 0.1) is 19.4 Å². The van der Waals surface area contributed by atoms with E-state index in [0.29, 0.717) is 6.54 Å². The van der Waals surface area contributed by atoms with Crippen molar-refractivity contribution in [2.24, 2.45) is 5.10 Å². The fraction of sp³-hybridized carbons (Fsp3) is 0.400. The lowest BCUT2D eigenvalue weighted by atomic mass is 10.0. The molecule has 2 heterocycles. The minimum Gasteiger partial charge on any atom is -0.497 e. The van der Waals surface area contributed by atoms with E-state index < -0.39 is 0 Å². The number of nitrogens with zero attached hydrogens (tertiary/aromatic N) is 3. The zero-order chi connectivity index (χ0) is 22.3. The highest BCUT2D eigenvalue weighted by Gasteiger charge is 2.24. The summed E-state index contributed by atoms with van der Waals surface area (Å²) in [6, 6.07) is 18.1. The van der Waals surface area contributed by atoms with E-state index >= 15 is 0 Å². The Balaban J connectivity index is 1.18. The maximum atomic E-state index is 12.5. The van der Waals surface area contributed by atoms with Gasteiger partial charge in [-0.25, -0.2) is 5.01 Å². The largest absolute Gasteiger partial charge is 0.497 e. The van der Waals surface area contributed by atoms with E-state index in [1.54, 1.807) is 7.11 Å². The van der Waals surface area contributed by atoms with Crippen LogP contribution >= 0.6 is 0 Å². The Bertz CT molecular complexity index is 951. The number of rotatable bonds is 7. The molecule has 0 radical (unpaired) electrons. The fourth-order valence-corrected chi connectivity index (χ4v) is 4.20. The molecule has 4 rings (SSSR count). The van der Waals surface area contributed by atoms with Crippen molar-refractivity contribution in [2.45, 2.75) is 38.1 Å². The van der Waals surface area contributed by atoms with E-state index in [4.69, 9.17) is 4.74 Å². The maximum absolute atomic E-state index is 12.5. The number of hydrazone groups is 1. The normalized spacial score (nSPS) is 16.6. The summed E-state index contributed by atoms with van der Waals surface area (Å²) in [7, 11) is 1.66. The zero-order valence-corrected chi connectivity index (χ0v) is 18.5. The van der Waals surface area contributed by atoms with Crippen molar-refractivity contribution in [1.82, 2.24) is 10.3 Å². The Morgan fingerprint density at radius 1 is 1.00 bits per heavy atom. The summed E-state index contributed by atoms with van der Waals surface area (Å²) in [6.07, 6.45) is 2.91. The molecule has 1 N–H and O–H groups in total. The van der Waals surface area contributed by atoms with Gasteiger partial charge in [-0.05, 0) is 42.7 Å². The smallest absolute Gasteiger partial charge is 0.243 e. The highest BCUT2D eigenvalue weighted by Crippen LogP contribution is 2.23. The molecule has 0 bridgehead atoms. The van der Waals surface area contributed by atoms with Gasteiger partial charge in [0, 0.05) is 44.1 Å².